The van der Waals surface area contributed by atoms with E-state index < -0.39 is 0 Å². The SMILES string of the molecule is CC(C)C(C)C(CCCCC(C)(C)C)C(=O)N1CCC1. The molecule has 0 aromatic heterocycles. The summed E-state index contributed by atoms with van der Waals surface area (Å²) in [5, 5.41) is 0. The van der Waals surface area contributed by atoms with Gasteiger partial charge >= 0.3 is 0 Å². The van der Waals surface area contributed by atoms with Crippen molar-refractivity contribution < 1.29 is 4.79 Å². The quantitative estimate of drug-likeness (QED) is 0.618. The fourth-order valence-electron chi connectivity index (χ4n) is 2.87. The average Bonchev–Trinajstić information content (AvgIpc) is 2.24. The molecule has 0 aliphatic carbocycles. The summed E-state index contributed by atoms with van der Waals surface area (Å²) < 4.78 is 0. The lowest BCUT2D eigenvalue weighted by Crippen LogP contribution is -2.47. The normalized spacial score (nSPS) is 18.9. The van der Waals surface area contributed by atoms with Crippen molar-refractivity contribution in [2.45, 2.75) is 73.6 Å². The molecule has 0 saturated carbocycles. The van der Waals surface area contributed by atoms with Gasteiger partial charge in [-0.15, -0.1) is 0 Å². The van der Waals surface area contributed by atoms with E-state index in [0.29, 0.717) is 23.2 Å². The molecule has 2 unspecified atom stereocenters. The lowest BCUT2D eigenvalue weighted by atomic mass is 9.79. The van der Waals surface area contributed by atoms with Crippen LogP contribution in [0.25, 0.3) is 0 Å². The van der Waals surface area contributed by atoms with E-state index in [1.54, 1.807) is 0 Å². The maximum atomic E-state index is 12.6. The Labute approximate surface area is 126 Å². The number of hydrogen-bond donors (Lipinski definition) is 0. The number of amides is 1. The van der Waals surface area contributed by atoms with Crippen molar-refractivity contribution in [3.63, 3.8) is 0 Å². The highest BCUT2D eigenvalue weighted by atomic mass is 16.2. The number of rotatable bonds is 7. The van der Waals surface area contributed by atoms with Crippen molar-refractivity contribution in [1.82, 2.24) is 4.90 Å². The molecule has 2 atom stereocenters. The van der Waals surface area contributed by atoms with Crippen molar-refractivity contribution in [1.29, 1.82) is 0 Å². The van der Waals surface area contributed by atoms with E-state index in [1.165, 1.54) is 25.7 Å². The highest BCUT2D eigenvalue weighted by Gasteiger charge is 2.32. The number of nitrogens with zero attached hydrogens (tertiary/aromatic N) is 1. The molecule has 1 amide bonds. The second-order valence-corrected chi connectivity index (χ2v) is 8.19. The minimum absolute atomic E-state index is 0.246. The Morgan fingerprint density at radius 1 is 1.10 bits per heavy atom. The van der Waals surface area contributed by atoms with Crippen LogP contribution >= 0.6 is 0 Å². The number of hydrogen-bond acceptors (Lipinski definition) is 1. The van der Waals surface area contributed by atoms with Crippen LogP contribution in [0.2, 0.25) is 0 Å². The van der Waals surface area contributed by atoms with Crippen LogP contribution in [0.1, 0.15) is 73.6 Å². The first-order valence-electron chi connectivity index (χ1n) is 8.51. The molecular formula is C18H35NO. The van der Waals surface area contributed by atoms with E-state index in [9.17, 15) is 4.79 Å². The van der Waals surface area contributed by atoms with E-state index in [0.717, 1.165) is 19.5 Å². The summed E-state index contributed by atoms with van der Waals surface area (Å²) in [5.74, 6) is 1.76. The second kappa shape index (κ2) is 7.47. The summed E-state index contributed by atoms with van der Waals surface area (Å²) in [5.41, 5.74) is 0.417. The smallest absolute Gasteiger partial charge is 0.225 e. The third-order valence-corrected chi connectivity index (χ3v) is 4.86. The van der Waals surface area contributed by atoms with Crippen LogP contribution in [0.5, 0.6) is 0 Å². The van der Waals surface area contributed by atoms with Gasteiger partial charge in [-0.3, -0.25) is 4.79 Å². The monoisotopic (exact) mass is 281 g/mol. The summed E-state index contributed by atoms with van der Waals surface area (Å²) in [6.07, 6.45) is 5.97. The third kappa shape index (κ3) is 5.46. The maximum Gasteiger partial charge on any atom is 0.225 e. The van der Waals surface area contributed by atoms with Crippen LogP contribution in [-0.2, 0) is 4.79 Å². The minimum Gasteiger partial charge on any atom is -0.342 e. The fourth-order valence-corrected chi connectivity index (χ4v) is 2.87. The Bertz CT molecular complexity index is 299. The predicted octanol–water partition coefficient (Wildman–Crippen LogP) is 4.73. The van der Waals surface area contributed by atoms with Gasteiger partial charge in [-0.25, -0.2) is 0 Å². The average molecular weight is 281 g/mol. The lowest BCUT2D eigenvalue weighted by molar-refractivity contribution is -0.141. The number of carbonyl (C=O) groups is 1. The molecule has 0 aromatic rings. The first kappa shape index (κ1) is 17.5. The van der Waals surface area contributed by atoms with E-state index in [2.05, 4.69) is 46.4 Å². The molecule has 0 aromatic carbocycles. The largest absolute Gasteiger partial charge is 0.342 e. The molecule has 0 radical (unpaired) electrons. The zero-order valence-electron chi connectivity index (χ0n) is 14.5. The summed E-state index contributed by atoms with van der Waals surface area (Å²) in [4.78, 5) is 14.7. The standard InChI is InChI=1S/C18H35NO/c1-14(2)15(3)16(17(20)19-12-9-13-19)10-7-8-11-18(4,5)6/h14-16H,7-13H2,1-6H3. The summed E-state index contributed by atoms with van der Waals surface area (Å²) in [7, 11) is 0. The van der Waals surface area contributed by atoms with Gasteiger partial charge in [0.05, 0.1) is 0 Å². The first-order valence-corrected chi connectivity index (χ1v) is 8.51. The fraction of sp³-hybridized carbons (Fsp3) is 0.944. The van der Waals surface area contributed by atoms with Crippen molar-refractivity contribution in [2.24, 2.45) is 23.2 Å². The number of carbonyl (C=O) groups excluding carboxylic acids is 1. The van der Waals surface area contributed by atoms with Crippen LogP contribution in [-0.4, -0.2) is 23.9 Å². The van der Waals surface area contributed by atoms with E-state index in [1.807, 2.05) is 0 Å². The number of unbranched alkanes of at least 4 members (excludes halogenated alkanes) is 1. The van der Waals surface area contributed by atoms with Crippen LogP contribution in [0.15, 0.2) is 0 Å². The molecular weight excluding hydrogens is 246 g/mol. The molecule has 0 spiro atoms. The van der Waals surface area contributed by atoms with Gasteiger partial charge in [0.2, 0.25) is 5.91 Å². The van der Waals surface area contributed by atoms with E-state index in [4.69, 9.17) is 0 Å². The maximum absolute atomic E-state index is 12.6. The van der Waals surface area contributed by atoms with Crippen molar-refractivity contribution >= 4 is 5.91 Å². The highest BCUT2D eigenvalue weighted by molar-refractivity contribution is 5.79. The Morgan fingerprint density at radius 3 is 2.10 bits per heavy atom. The van der Waals surface area contributed by atoms with Crippen LogP contribution < -0.4 is 0 Å². The van der Waals surface area contributed by atoms with Crippen LogP contribution in [0.3, 0.4) is 0 Å². The highest BCUT2D eigenvalue weighted by Crippen LogP contribution is 2.30. The van der Waals surface area contributed by atoms with Gasteiger partial charge < -0.3 is 4.90 Å². The van der Waals surface area contributed by atoms with Gasteiger partial charge in [-0.05, 0) is 36.5 Å². The molecule has 1 aliphatic heterocycles. The number of likely N-dealkylation sites (tertiary alicyclic amines) is 1. The van der Waals surface area contributed by atoms with Gasteiger partial charge in [0, 0.05) is 19.0 Å². The van der Waals surface area contributed by atoms with Gasteiger partial charge in [0.1, 0.15) is 0 Å². The van der Waals surface area contributed by atoms with Crippen molar-refractivity contribution in [2.75, 3.05) is 13.1 Å². The Kier molecular flexibility index (Phi) is 6.54. The molecule has 1 rings (SSSR count). The Morgan fingerprint density at radius 2 is 1.70 bits per heavy atom. The molecule has 1 fully saturated rings. The summed E-state index contributed by atoms with van der Waals surface area (Å²) >= 11 is 0. The zero-order valence-corrected chi connectivity index (χ0v) is 14.5. The topological polar surface area (TPSA) is 20.3 Å². The van der Waals surface area contributed by atoms with Gasteiger partial charge in [0.15, 0.2) is 0 Å². The van der Waals surface area contributed by atoms with Gasteiger partial charge in [-0.1, -0.05) is 54.4 Å². The molecule has 1 saturated heterocycles. The first-order chi connectivity index (χ1) is 9.22. The van der Waals surface area contributed by atoms with E-state index >= 15 is 0 Å². The van der Waals surface area contributed by atoms with Gasteiger partial charge in [-0.2, -0.15) is 0 Å². The van der Waals surface area contributed by atoms with Crippen molar-refractivity contribution in [3.8, 4) is 0 Å². The molecule has 0 bridgehead atoms. The van der Waals surface area contributed by atoms with Crippen LogP contribution in [0.4, 0.5) is 0 Å². The van der Waals surface area contributed by atoms with Crippen LogP contribution in [0, 0.1) is 23.2 Å². The molecule has 20 heavy (non-hydrogen) atoms. The lowest BCUT2D eigenvalue weighted by Gasteiger charge is -2.37. The second-order valence-electron chi connectivity index (χ2n) is 8.19. The van der Waals surface area contributed by atoms with Gasteiger partial charge in [0.25, 0.3) is 0 Å². The summed E-state index contributed by atoms with van der Waals surface area (Å²) in [6, 6.07) is 0. The molecule has 2 nitrogen and oxygen atoms in total. The molecule has 118 valence electrons. The Hall–Kier alpha value is -0.530. The Balaban J connectivity index is 2.48. The molecule has 0 N–H and O–H groups in total. The molecule has 1 heterocycles. The predicted molar refractivity (Wildman–Crippen MR) is 86.6 cm³/mol. The molecule has 2 heteroatoms. The minimum atomic E-state index is 0.246. The molecule has 1 aliphatic rings. The third-order valence-electron chi connectivity index (χ3n) is 4.86. The van der Waals surface area contributed by atoms with Crippen molar-refractivity contribution in [3.05, 3.63) is 0 Å². The zero-order chi connectivity index (χ0) is 15.3. The van der Waals surface area contributed by atoms with E-state index in [-0.39, 0.29) is 5.92 Å². The summed E-state index contributed by atoms with van der Waals surface area (Å²) in [6.45, 7) is 15.6.